The van der Waals surface area contributed by atoms with Crippen LogP contribution in [0.3, 0.4) is 0 Å². The molecule has 0 spiro atoms. The van der Waals surface area contributed by atoms with Crippen LogP contribution in [0, 0.1) is 0 Å². The lowest BCUT2D eigenvalue weighted by Gasteiger charge is -2.27. The van der Waals surface area contributed by atoms with Crippen LogP contribution in [0.15, 0.2) is 11.9 Å². The van der Waals surface area contributed by atoms with Crippen LogP contribution in [0.2, 0.25) is 0 Å². The van der Waals surface area contributed by atoms with Gasteiger partial charge in [-0.05, 0) is 0 Å². The van der Waals surface area contributed by atoms with E-state index in [2.05, 4.69) is 0 Å². The Bertz CT molecular complexity index is 596. The van der Waals surface area contributed by atoms with Gasteiger partial charge in [-0.2, -0.15) is 65.3 Å². The molecule has 3 nitrogen and oxygen atoms in total. The molecule has 0 heterocycles. The topological polar surface area (TPSA) is 43.4 Å². The van der Waals surface area contributed by atoms with Crippen LogP contribution in [0.25, 0.3) is 0 Å². The number of hydrogen-bond donors (Lipinski definition) is 0. The van der Waals surface area contributed by atoms with Crippen molar-refractivity contribution < 1.29 is 69.7 Å². The highest BCUT2D eigenvalue weighted by Crippen LogP contribution is 2.50. The normalized spacial score (nSPS) is 16.5. The molecule has 0 atom stereocenters. The zero-order valence-electron chi connectivity index (χ0n) is 10.1. The molecule has 0 amide bonds. The minimum Gasteiger partial charge on any atom is -0.205 e. The van der Waals surface area contributed by atoms with E-state index in [1.54, 1.807) is 0 Å². The molecule has 0 rings (SSSR count). The third kappa shape index (κ3) is 4.42. The Kier molecular flexibility index (Phi) is 5.61. The Labute approximate surface area is 122 Å². The smallest absolute Gasteiger partial charge is 0.205 e. The summed E-state index contributed by atoms with van der Waals surface area (Å²) in [5.41, 5.74) is -6.56. The zero-order valence-corrected chi connectivity index (χ0v) is 10.9. The molecule has 0 radical (unpaired) electrons. The molecule has 0 aromatic carbocycles. The van der Waals surface area contributed by atoms with Gasteiger partial charge in [0.15, 0.2) is 5.83 Å². The average Bonchev–Trinajstić information content (AvgIpc) is 2.22. The first-order chi connectivity index (χ1) is 10.1. The maximum absolute atomic E-state index is 12.7. The van der Waals surface area contributed by atoms with E-state index in [1.165, 1.54) is 0 Å². The van der Waals surface area contributed by atoms with Crippen molar-refractivity contribution >= 4 is 10.1 Å². The molecule has 0 aliphatic rings. The fraction of sp³-hybridized carbons (Fsp3) is 0.714. The summed E-state index contributed by atoms with van der Waals surface area (Å²) >= 11 is 0. The molecule has 0 bridgehead atoms. The van der Waals surface area contributed by atoms with Crippen LogP contribution < -0.4 is 0 Å². The highest BCUT2D eigenvalue weighted by atomic mass is 32.2. The summed E-state index contributed by atoms with van der Waals surface area (Å²) in [5.74, 6) is -18.5. The first kappa shape index (κ1) is 22.7. The van der Waals surface area contributed by atoms with Crippen molar-refractivity contribution in [2.45, 2.75) is 29.6 Å². The second kappa shape index (κ2) is 5.92. The molecular formula is C7HF13O3S. The third-order valence-corrected chi connectivity index (χ3v) is 2.86. The van der Waals surface area contributed by atoms with E-state index in [1.807, 2.05) is 4.18 Å². The summed E-state index contributed by atoms with van der Waals surface area (Å²) in [5, 5.41) is 0. The van der Waals surface area contributed by atoms with Gasteiger partial charge in [-0.25, -0.2) is 4.39 Å². The van der Waals surface area contributed by atoms with Crippen molar-refractivity contribution in [2.24, 2.45) is 0 Å². The Balaban J connectivity index is 5.84. The maximum atomic E-state index is 12.7. The number of rotatable bonds is 5. The van der Waals surface area contributed by atoms with E-state index in [0.717, 1.165) is 0 Å². The largest absolute Gasteiger partial charge is 0.523 e. The summed E-state index contributed by atoms with van der Waals surface area (Å²) in [6.07, 6.45) is -15.6. The molecule has 0 saturated carbocycles. The molecule has 0 aromatic heterocycles. The summed E-state index contributed by atoms with van der Waals surface area (Å²) in [4.78, 5) is 0. The fourth-order valence-corrected chi connectivity index (χ4v) is 1.22. The van der Waals surface area contributed by atoms with Gasteiger partial charge < -0.3 is 0 Å². The minimum absolute atomic E-state index is 1.99. The van der Waals surface area contributed by atoms with E-state index < -0.39 is 51.7 Å². The minimum atomic E-state index is -7.25. The molecular weight excluding hydrogens is 411 g/mol. The average molecular weight is 412 g/mol. The van der Waals surface area contributed by atoms with Crippen LogP contribution in [0.1, 0.15) is 0 Å². The Morgan fingerprint density at radius 1 is 0.792 bits per heavy atom. The van der Waals surface area contributed by atoms with Gasteiger partial charge in [-0.15, -0.1) is 0 Å². The molecule has 0 saturated heterocycles. The first-order valence-corrected chi connectivity index (χ1v) is 6.10. The van der Waals surface area contributed by atoms with Crippen molar-refractivity contribution in [1.29, 1.82) is 0 Å². The maximum Gasteiger partial charge on any atom is 0.523 e. The predicted molar refractivity (Wildman–Crippen MR) is 46.1 cm³/mol. The lowest BCUT2D eigenvalue weighted by Crippen LogP contribution is -2.52. The lowest BCUT2D eigenvalue weighted by molar-refractivity contribution is -0.348. The SMILES string of the molecule is O=S(=O)(OC(F)(F)/C=C(\F)C(F)(F)C(F)(F)C(F)(F)F)C(F)(F)F. The second-order valence-electron chi connectivity index (χ2n) is 3.68. The lowest BCUT2D eigenvalue weighted by atomic mass is 10.1. The zero-order chi connectivity index (χ0) is 20.0. The summed E-state index contributed by atoms with van der Waals surface area (Å²) in [6.45, 7) is 0. The van der Waals surface area contributed by atoms with E-state index in [0.29, 0.717) is 0 Å². The third-order valence-electron chi connectivity index (χ3n) is 1.85. The monoisotopic (exact) mass is 412 g/mol. The highest BCUT2D eigenvalue weighted by Gasteiger charge is 2.75. The predicted octanol–water partition coefficient (Wildman–Crippen LogP) is 4.13. The molecule has 0 unspecified atom stereocenters. The summed E-state index contributed by atoms with van der Waals surface area (Å²) in [7, 11) is -7.23. The molecule has 17 heteroatoms. The van der Waals surface area contributed by atoms with Crippen LogP contribution in [0.4, 0.5) is 57.1 Å². The van der Waals surface area contributed by atoms with Gasteiger partial charge in [0.1, 0.15) is 0 Å². The molecule has 24 heavy (non-hydrogen) atoms. The van der Waals surface area contributed by atoms with Gasteiger partial charge >= 0.3 is 39.8 Å². The van der Waals surface area contributed by atoms with Crippen LogP contribution in [0.5, 0.6) is 0 Å². The van der Waals surface area contributed by atoms with Crippen LogP contribution in [-0.2, 0) is 14.3 Å². The summed E-state index contributed by atoms with van der Waals surface area (Å²) < 4.78 is 180. The van der Waals surface area contributed by atoms with Crippen molar-refractivity contribution in [3.8, 4) is 0 Å². The molecule has 144 valence electrons. The van der Waals surface area contributed by atoms with Crippen molar-refractivity contribution in [3.63, 3.8) is 0 Å². The molecule has 0 N–H and O–H groups in total. The number of allylic oxidation sites excluding steroid dienone is 1. The Hall–Kier alpha value is -1.26. The van der Waals surface area contributed by atoms with Gasteiger partial charge in [0, 0.05) is 0 Å². The second-order valence-corrected chi connectivity index (χ2v) is 5.22. The highest BCUT2D eigenvalue weighted by molar-refractivity contribution is 7.87. The first-order valence-electron chi connectivity index (χ1n) is 4.69. The van der Waals surface area contributed by atoms with Crippen molar-refractivity contribution in [1.82, 2.24) is 0 Å². The summed E-state index contributed by atoms with van der Waals surface area (Å²) in [6, 6.07) is 0. The number of alkyl halides is 12. The molecule has 0 aliphatic carbocycles. The van der Waals surface area contributed by atoms with E-state index >= 15 is 0 Å². The quantitative estimate of drug-likeness (QED) is 0.388. The van der Waals surface area contributed by atoms with Crippen LogP contribution in [-0.4, -0.2) is 38.1 Å². The van der Waals surface area contributed by atoms with Gasteiger partial charge in [0.25, 0.3) is 0 Å². The standard InChI is InChI=1S/C7HF13O3S/c8-2(4(11,12)5(13,14)6(15,16)17)1-3(9,10)23-24(21,22)7(18,19)20/h1H/b2-1-. The molecule has 0 fully saturated rings. The fourth-order valence-electron chi connectivity index (χ4n) is 0.784. The Morgan fingerprint density at radius 2 is 1.17 bits per heavy atom. The van der Waals surface area contributed by atoms with Crippen molar-refractivity contribution in [3.05, 3.63) is 11.9 Å². The van der Waals surface area contributed by atoms with E-state index in [-0.39, 0.29) is 0 Å². The van der Waals surface area contributed by atoms with Crippen molar-refractivity contribution in [2.75, 3.05) is 0 Å². The number of hydrogen-bond acceptors (Lipinski definition) is 3. The van der Waals surface area contributed by atoms with Gasteiger partial charge in [0.05, 0.1) is 6.08 Å². The van der Waals surface area contributed by atoms with E-state index in [4.69, 9.17) is 0 Å². The molecule has 0 aliphatic heterocycles. The van der Waals surface area contributed by atoms with Gasteiger partial charge in [0.2, 0.25) is 0 Å². The van der Waals surface area contributed by atoms with Gasteiger partial charge in [-0.3, -0.25) is 0 Å². The van der Waals surface area contributed by atoms with E-state index in [9.17, 15) is 65.5 Å². The van der Waals surface area contributed by atoms with Gasteiger partial charge in [-0.1, -0.05) is 0 Å². The number of halogens is 13. The van der Waals surface area contributed by atoms with Crippen LogP contribution >= 0.6 is 0 Å². The Morgan fingerprint density at radius 3 is 1.46 bits per heavy atom. The molecule has 0 aromatic rings.